The number of carbonyl (C=O) groups excluding carboxylic acids is 1. The molecule has 32 heavy (non-hydrogen) atoms. The Morgan fingerprint density at radius 1 is 0.938 bits per heavy atom. The quantitative estimate of drug-likeness (QED) is 0.613. The molecule has 0 bridgehead atoms. The van der Waals surface area contributed by atoms with Crippen LogP contribution in [-0.2, 0) is 13.0 Å². The van der Waals surface area contributed by atoms with Crippen LogP contribution in [0.2, 0.25) is 0 Å². The fraction of sp³-hybridized carbons (Fsp3) is 0.222. The first-order chi connectivity index (χ1) is 15.6. The molecule has 0 aromatic heterocycles. The normalized spacial score (nSPS) is 17.7. The molecule has 1 saturated heterocycles. The number of ketones is 1. The molecule has 4 nitrogen and oxygen atoms in total. The van der Waals surface area contributed by atoms with Gasteiger partial charge in [-0.25, -0.2) is 4.39 Å². The molecule has 0 atom stereocenters. The molecule has 0 radical (unpaired) electrons. The van der Waals surface area contributed by atoms with Gasteiger partial charge in [-0.3, -0.25) is 9.69 Å². The van der Waals surface area contributed by atoms with Crippen LogP contribution < -0.4 is 4.90 Å². The first-order valence-electron chi connectivity index (χ1n) is 11.0. The number of allylic oxidation sites excluding steroid dienone is 1. The van der Waals surface area contributed by atoms with Gasteiger partial charge in [-0.15, -0.1) is 0 Å². The number of Topliss-reactive ketones (excluding diaryl/α,β-unsaturated/α-hetero) is 1. The van der Waals surface area contributed by atoms with Crippen molar-refractivity contribution < 1.29 is 14.3 Å². The molecular formula is C27H25FN2O2. The predicted molar refractivity (Wildman–Crippen MR) is 124 cm³/mol. The third-order valence-corrected chi connectivity index (χ3v) is 6.34. The molecule has 162 valence electrons. The van der Waals surface area contributed by atoms with Crippen LogP contribution in [0.4, 0.5) is 10.1 Å². The van der Waals surface area contributed by atoms with Gasteiger partial charge in [0, 0.05) is 55.8 Å². The van der Waals surface area contributed by atoms with Crippen LogP contribution in [0.3, 0.4) is 0 Å². The van der Waals surface area contributed by atoms with E-state index in [9.17, 15) is 14.3 Å². The van der Waals surface area contributed by atoms with E-state index in [-0.39, 0.29) is 17.3 Å². The molecule has 5 heteroatoms. The Morgan fingerprint density at radius 3 is 2.47 bits per heavy atom. The van der Waals surface area contributed by atoms with Gasteiger partial charge in [0.2, 0.25) is 0 Å². The summed E-state index contributed by atoms with van der Waals surface area (Å²) >= 11 is 0. The van der Waals surface area contributed by atoms with Crippen molar-refractivity contribution in [2.24, 2.45) is 0 Å². The van der Waals surface area contributed by atoms with Gasteiger partial charge in [0.15, 0.2) is 5.78 Å². The fourth-order valence-corrected chi connectivity index (χ4v) is 4.59. The zero-order valence-electron chi connectivity index (χ0n) is 17.8. The molecule has 5 rings (SSSR count). The number of fused-ring (bicyclic) bond motifs is 1. The minimum Gasteiger partial charge on any atom is -0.508 e. The maximum absolute atomic E-state index is 14.1. The lowest BCUT2D eigenvalue weighted by Crippen LogP contribution is -2.46. The number of halogens is 1. The van der Waals surface area contributed by atoms with E-state index in [1.54, 1.807) is 12.1 Å². The zero-order valence-corrected chi connectivity index (χ0v) is 17.8. The maximum Gasteiger partial charge on any atom is 0.189 e. The molecule has 1 aliphatic heterocycles. The van der Waals surface area contributed by atoms with Gasteiger partial charge in [0.25, 0.3) is 0 Å². The number of para-hydroxylation sites is 1. The summed E-state index contributed by atoms with van der Waals surface area (Å²) in [5, 5.41) is 10.4. The van der Waals surface area contributed by atoms with Gasteiger partial charge < -0.3 is 10.0 Å². The fourth-order valence-electron chi connectivity index (χ4n) is 4.59. The summed E-state index contributed by atoms with van der Waals surface area (Å²) in [5.74, 6) is 0.146. The summed E-state index contributed by atoms with van der Waals surface area (Å²) in [6.07, 6.45) is 2.57. The minimum absolute atomic E-state index is 0.0829. The molecule has 0 spiro atoms. The van der Waals surface area contributed by atoms with Crippen molar-refractivity contribution in [2.45, 2.75) is 13.0 Å². The number of hydrogen-bond acceptors (Lipinski definition) is 4. The third-order valence-electron chi connectivity index (χ3n) is 6.34. The highest BCUT2D eigenvalue weighted by atomic mass is 19.1. The Bertz CT molecular complexity index is 1200. The standard InChI is InChI=1S/C27H25FN2O2/c28-24-7-3-4-8-25(24)30-13-11-29(12-14-30)18-22-16-19(9-10-26(22)31)15-21-17-20-5-1-2-6-23(20)27(21)32/h1-10,15-16,31H,11-14,17-18H2/b21-15-. The summed E-state index contributed by atoms with van der Waals surface area (Å²) < 4.78 is 14.1. The van der Waals surface area contributed by atoms with Crippen LogP contribution in [0, 0.1) is 5.82 Å². The number of anilines is 1. The van der Waals surface area contributed by atoms with Crippen LogP contribution in [0.15, 0.2) is 72.3 Å². The van der Waals surface area contributed by atoms with Crippen molar-refractivity contribution in [3.05, 3.63) is 100 Å². The van der Waals surface area contributed by atoms with E-state index < -0.39 is 0 Å². The van der Waals surface area contributed by atoms with Gasteiger partial charge in [-0.2, -0.15) is 0 Å². The van der Waals surface area contributed by atoms with E-state index >= 15 is 0 Å². The number of benzene rings is 3. The number of nitrogens with zero attached hydrogens (tertiary/aromatic N) is 2. The lowest BCUT2D eigenvalue weighted by molar-refractivity contribution is 0.104. The van der Waals surface area contributed by atoms with E-state index in [0.29, 0.717) is 18.7 Å². The lowest BCUT2D eigenvalue weighted by atomic mass is 10.0. The monoisotopic (exact) mass is 428 g/mol. The summed E-state index contributed by atoms with van der Waals surface area (Å²) in [4.78, 5) is 17.0. The van der Waals surface area contributed by atoms with Crippen LogP contribution in [0.1, 0.15) is 27.0 Å². The Hall–Kier alpha value is -3.44. The number of rotatable bonds is 4. The van der Waals surface area contributed by atoms with Gasteiger partial charge in [0.1, 0.15) is 11.6 Å². The van der Waals surface area contributed by atoms with Crippen LogP contribution in [0.5, 0.6) is 5.75 Å². The van der Waals surface area contributed by atoms with Gasteiger partial charge >= 0.3 is 0 Å². The van der Waals surface area contributed by atoms with Crippen molar-refractivity contribution in [2.75, 3.05) is 31.1 Å². The number of piperazine rings is 1. The van der Waals surface area contributed by atoms with Gasteiger partial charge in [-0.1, -0.05) is 42.5 Å². The highest BCUT2D eigenvalue weighted by Crippen LogP contribution is 2.29. The second kappa shape index (κ2) is 8.60. The summed E-state index contributed by atoms with van der Waals surface area (Å²) in [5.41, 5.74) is 5.02. The van der Waals surface area contributed by atoms with Gasteiger partial charge in [-0.05, 0) is 41.5 Å². The molecular weight excluding hydrogens is 403 g/mol. The third kappa shape index (κ3) is 4.04. The zero-order chi connectivity index (χ0) is 22.1. The van der Waals surface area contributed by atoms with E-state index in [1.807, 2.05) is 54.6 Å². The van der Waals surface area contributed by atoms with Crippen molar-refractivity contribution in [1.82, 2.24) is 4.90 Å². The smallest absolute Gasteiger partial charge is 0.189 e. The number of phenols is 1. The molecule has 0 saturated carbocycles. The summed E-state index contributed by atoms with van der Waals surface area (Å²) in [6.45, 7) is 3.65. The molecule has 0 amide bonds. The topological polar surface area (TPSA) is 43.8 Å². The molecule has 1 heterocycles. The van der Waals surface area contributed by atoms with E-state index in [4.69, 9.17) is 0 Å². The second-order valence-electron chi connectivity index (χ2n) is 8.44. The van der Waals surface area contributed by atoms with Crippen LogP contribution in [-0.4, -0.2) is 42.0 Å². The largest absolute Gasteiger partial charge is 0.508 e. The Kier molecular flexibility index (Phi) is 5.50. The summed E-state index contributed by atoms with van der Waals surface area (Å²) in [7, 11) is 0. The molecule has 3 aromatic carbocycles. The first kappa shape index (κ1) is 20.5. The van der Waals surface area contributed by atoms with Crippen molar-refractivity contribution in [1.29, 1.82) is 0 Å². The molecule has 1 fully saturated rings. The number of aromatic hydroxyl groups is 1. The Balaban J connectivity index is 1.27. The SMILES string of the molecule is O=C1/C(=C\c2ccc(O)c(CN3CCN(c4ccccc4F)CC3)c2)Cc2ccccc21. The predicted octanol–water partition coefficient (Wildman–Crippen LogP) is 4.68. The average molecular weight is 429 g/mol. The number of phenolic OH excluding ortho intramolecular Hbond substituents is 1. The van der Waals surface area contributed by atoms with Crippen LogP contribution >= 0.6 is 0 Å². The van der Waals surface area contributed by atoms with Crippen molar-refractivity contribution >= 4 is 17.5 Å². The lowest BCUT2D eigenvalue weighted by Gasteiger charge is -2.36. The minimum atomic E-state index is -0.192. The highest BCUT2D eigenvalue weighted by molar-refractivity contribution is 6.15. The van der Waals surface area contributed by atoms with E-state index in [2.05, 4.69) is 9.80 Å². The van der Waals surface area contributed by atoms with Crippen molar-refractivity contribution in [3.8, 4) is 5.75 Å². The highest BCUT2D eigenvalue weighted by Gasteiger charge is 2.24. The molecule has 0 unspecified atom stereocenters. The second-order valence-corrected chi connectivity index (χ2v) is 8.44. The maximum atomic E-state index is 14.1. The molecule has 1 aliphatic carbocycles. The van der Waals surface area contributed by atoms with Gasteiger partial charge in [0.05, 0.1) is 5.69 Å². The number of carbonyl (C=O) groups is 1. The van der Waals surface area contributed by atoms with Crippen LogP contribution in [0.25, 0.3) is 6.08 Å². The Morgan fingerprint density at radius 2 is 1.69 bits per heavy atom. The summed E-state index contributed by atoms with van der Waals surface area (Å²) in [6, 6.07) is 20.1. The molecule has 1 N–H and O–H groups in total. The molecule has 3 aromatic rings. The first-order valence-corrected chi connectivity index (χ1v) is 11.0. The Labute approximate surface area is 187 Å². The number of hydrogen-bond donors (Lipinski definition) is 1. The van der Waals surface area contributed by atoms with E-state index in [0.717, 1.165) is 54.0 Å². The molecule has 2 aliphatic rings. The van der Waals surface area contributed by atoms with E-state index in [1.165, 1.54) is 6.07 Å². The van der Waals surface area contributed by atoms with Crippen molar-refractivity contribution in [3.63, 3.8) is 0 Å². The average Bonchev–Trinajstić information content (AvgIpc) is 3.12.